The topological polar surface area (TPSA) is 9.86 Å². The van der Waals surface area contributed by atoms with Gasteiger partial charge in [0.2, 0.25) is 0 Å². The quantitative estimate of drug-likeness (QED) is 0.176. The van der Waals surface area contributed by atoms with Gasteiger partial charge in [-0.25, -0.2) is 0 Å². The molecule has 0 bridgehead atoms. The Kier molecular flexibility index (Phi) is 6.60. The molecule has 0 saturated carbocycles. The maximum absolute atomic E-state index is 2.43. The first-order valence-corrected chi connectivity index (χ1v) is 19.7. The maximum atomic E-state index is 2.43. The molecule has 0 radical (unpaired) electrons. The number of hydrogen-bond donors (Lipinski definition) is 0. The molecule has 0 spiro atoms. The minimum absolute atomic E-state index is 1.16. The molecule has 0 amide bonds. The molecule has 3 heteroatoms. The Hall–Kier alpha value is -6.81. The minimum Gasteiger partial charge on any atom is -0.309 e. The molecular weight excluding hydrogens is 685 g/mol. The van der Waals surface area contributed by atoms with Gasteiger partial charge in [-0.05, 0) is 99.4 Å². The van der Waals surface area contributed by atoms with E-state index < -0.39 is 0 Å². The first-order chi connectivity index (χ1) is 27.3. The van der Waals surface area contributed by atoms with Crippen molar-refractivity contribution < 1.29 is 0 Å². The summed E-state index contributed by atoms with van der Waals surface area (Å²) >= 11 is 1.90. The van der Waals surface area contributed by atoms with Crippen molar-refractivity contribution in [3.63, 3.8) is 0 Å². The average molecular weight is 717 g/mol. The standard InChI is InChI=1S/C52H32N2S/c1-3-13-33(14-4-1)35-26-28-47-44(30-35)39-19-7-9-23-45(39)54(47)38-18-11-15-34(29-38)36-25-27-40-41-21-12-22-43-51-42-20-8-10-24-46(42)53(37-16-5-2-6-17-37)48(51)32-50(52(41)43)55-49(40)31-36/h1-32H. The fourth-order valence-corrected chi connectivity index (χ4v) is 10.3. The Bertz CT molecular complexity index is 3330. The number of nitrogens with zero attached hydrogens (tertiary/aromatic N) is 2. The first kappa shape index (κ1) is 30.6. The highest BCUT2D eigenvalue weighted by molar-refractivity contribution is 7.99. The van der Waals surface area contributed by atoms with Crippen molar-refractivity contribution in [3.05, 3.63) is 194 Å². The summed E-state index contributed by atoms with van der Waals surface area (Å²) in [5.41, 5.74) is 14.7. The summed E-state index contributed by atoms with van der Waals surface area (Å²) in [5.74, 6) is 0. The van der Waals surface area contributed by atoms with Crippen molar-refractivity contribution in [3.8, 4) is 44.8 Å². The van der Waals surface area contributed by atoms with E-state index in [-0.39, 0.29) is 0 Å². The van der Waals surface area contributed by atoms with Crippen molar-refractivity contribution in [1.29, 1.82) is 0 Å². The van der Waals surface area contributed by atoms with E-state index in [0.29, 0.717) is 0 Å². The molecule has 0 N–H and O–H groups in total. The van der Waals surface area contributed by atoms with E-state index in [9.17, 15) is 0 Å². The Labute approximate surface area is 322 Å². The van der Waals surface area contributed by atoms with Crippen LogP contribution in [-0.2, 0) is 0 Å². The van der Waals surface area contributed by atoms with Crippen LogP contribution in [0.15, 0.2) is 204 Å². The summed E-state index contributed by atoms with van der Waals surface area (Å²) < 4.78 is 4.85. The van der Waals surface area contributed by atoms with Crippen LogP contribution >= 0.6 is 11.8 Å². The molecule has 2 nitrogen and oxygen atoms in total. The zero-order chi connectivity index (χ0) is 36.0. The summed E-state index contributed by atoms with van der Waals surface area (Å²) in [6.45, 7) is 0. The highest BCUT2D eigenvalue weighted by atomic mass is 32.2. The SMILES string of the molecule is c1ccc(-c2ccc3c(c2)c2ccccc2n3-c2cccc(-c3ccc4c(c3)Sc3cc5c(c6cccc-4c36)c3ccccc3n5-c3ccccc3)c2)cc1. The van der Waals surface area contributed by atoms with Gasteiger partial charge in [-0.15, -0.1) is 0 Å². The molecule has 11 aromatic rings. The highest BCUT2D eigenvalue weighted by Gasteiger charge is 2.24. The smallest absolute Gasteiger partial charge is 0.0558 e. The van der Waals surface area contributed by atoms with Crippen molar-refractivity contribution in [2.24, 2.45) is 0 Å². The number of rotatable bonds is 4. The van der Waals surface area contributed by atoms with E-state index in [1.165, 1.54) is 103 Å². The van der Waals surface area contributed by atoms with Crippen molar-refractivity contribution >= 4 is 66.1 Å². The molecule has 0 aliphatic carbocycles. The summed E-state index contributed by atoms with van der Waals surface area (Å²) in [5, 5.41) is 7.79. The normalized spacial score (nSPS) is 12.3. The lowest BCUT2D eigenvalue weighted by atomic mass is 9.93. The molecule has 1 aliphatic heterocycles. The van der Waals surface area contributed by atoms with Crippen LogP contribution in [0, 0.1) is 0 Å². The van der Waals surface area contributed by atoms with Gasteiger partial charge in [0.1, 0.15) is 0 Å². The molecule has 0 saturated heterocycles. The van der Waals surface area contributed by atoms with E-state index >= 15 is 0 Å². The number of hydrogen-bond acceptors (Lipinski definition) is 1. The second-order valence-electron chi connectivity index (χ2n) is 14.5. The largest absolute Gasteiger partial charge is 0.309 e. The summed E-state index contributed by atoms with van der Waals surface area (Å²) in [6.07, 6.45) is 0. The van der Waals surface area contributed by atoms with Crippen LogP contribution in [-0.4, -0.2) is 9.13 Å². The number of aromatic nitrogens is 2. The fraction of sp³-hybridized carbons (Fsp3) is 0. The molecule has 12 rings (SSSR count). The van der Waals surface area contributed by atoms with E-state index in [1.807, 2.05) is 11.8 Å². The zero-order valence-corrected chi connectivity index (χ0v) is 30.6. The van der Waals surface area contributed by atoms with Gasteiger partial charge in [0, 0.05) is 48.1 Å². The average Bonchev–Trinajstić information content (AvgIpc) is 3.77. The van der Waals surface area contributed by atoms with Gasteiger partial charge >= 0.3 is 0 Å². The predicted molar refractivity (Wildman–Crippen MR) is 233 cm³/mol. The molecule has 0 atom stereocenters. The molecule has 3 heterocycles. The third-order valence-electron chi connectivity index (χ3n) is 11.5. The van der Waals surface area contributed by atoms with Crippen LogP contribution in [0.25, 0.3) is 99.1 Å². The third-order valence-corrected chi connectivity index (χ3v) is 12.6. The lowest BCUT2D eigenvalue weighted by molar-refractivity contribution is 1.18. The van der Waals surface area contributed by atoms with E-state index in [0.717, 1.165) is 5.69 Å². The second kappa shape index (κ2) is 11.8. The zero-order valence-electron chi connectivity index (χ0n) is 29.8. The molecule has 55 heavy (non-hydrogen) atoms. The van der Waals surface area contributed by atoms with Crippen molar-refractivity contribution in [2.75, 3.05) is 0 Å². The monoisotopic (exact) mass is 716 g/mol. The fourth-order valence-electron chi connectivity index (χ4n) is 9.08. The first-order valence-electron chi connectivity index (χ1n) is 18.8. The molecule has 2 aromatic heterocycles. The van der Waals surface area contributed by atoms with Gasteiger partial charge in [-0.3, -0.25) is 0 Å². The van der Waals surface area contributed by atoms with Crippen LogP contribution in [0.3, 0.4) is 0 Å². The van der Waals surface area contributed by atoms with Crippen LogP contribution in [0.2, 0.25) is 0 Å². The van der Waals surface area contributed by atoms with Gasteiger partial charge < -0.3 is 9.13 Å². The lowest BCUT2D eigenvalue weighted by Crippen LogP contribution is -1.97. The number of para-hydroxylation sites is 3. The van der Waals surface area contributed by atoms with Crippen molar-refractivity contribution in [1.82, 2.24) is 9.13 Å². The maximum Gasteiger partial charge on any atom is 0.0558 e. The highest BCUT2D eigenvalue weighted by Crippen LogP contribution is 2.52. The van der Waals surface area contributed by atoms with Crippen LogP contribution < -0.4 is 0 Å². The van der Waals surface area contributed by atoms with E-state index in [4.69, 9.17) is 0 Å². The van der Waals surface area contributed by atoms with Gasteiger partial charge in [0.25, 0.3) is 0 Å². The number of benzene rings is 9. The van der Waals surface area contributed by atoms with E-state index in [2.05, 4.69) is 203 Å². The lowest BCUT2D eigenvalue weighted by Gasteiger charge is -2.22. The summed E-state index contributed by atoms with van der Waals surface area (Å²) in [6, 6.07) is 71.3. The summed E-state index contributed by atoms with van der Waals surface area (Å²) in [7, 11) is 0. The summed E-state index contributed by atoms with van der Waals surface area (Å²) in [4.78, 5) is 2.59. The Balaban J connectivity index is 1.00. The number of fused-ring (bicyclic) bond motifs is 9. The van der Waals surface area contributed by atoms with Crippen LogP contribution in [0.4, 0.5) is 0 Å². The van der Waals surface area contributed by atoms with Gasteiger partial charge in [0.05, 0.1) is 22.1 Å². The second-order valence-corrected chi connectivity index (χ2v) is 15.6. The molecule has 1 aliphatic rings. The Morgan fingerprint density at radius 3 is 1.75 bits per heavy atom. The third kappa shape index (κ3) is 4.57. The van der Waals surface area contributed by atoms with E-state index in [1.54, 1.807) is 0 Å². The molecular formula is C52H32N2S. The Morgan fingerprint density at radius 2 is 0.891 bits per heavy atom. The Morgan fingerprint density at radius 1 is 0.291 bits per heavy atom. The molecule has 256 valence electrons. The van der Waals surface area contributed by atoms with Gasteiger partial charge in [0.15, 0.2) is 0 Å². The van der Waals surface area contributed by atoms with Gasteiger partial charge in [-0.2, -0.15) is 0 Å². The molecule has 9 aromatic carbocycles. The molecule has 0 fully saturated rings. The van der Waals surface area contributed by atoms with Crippen LogP contribution in [0.5, 0.6) is 0 Å². The van der Waals surface area contributed by atoms with Crippen LogP contribution in [0.1, 0.15) is 0 Å². The molecule has 0 unspecified atom stereocenters. The predicted octanol–water partition coefficient (Wildman–Crippen LogP) is 14.5. The van der Waals surface area contributed by atoms with Gasteiger partial charge in [-0.1, -0.05) is 145 Å². The minimum atomic E-state index is 1.16. The van der Waals surface area contributed by atoms with Crippen molar-refractivity contribution in [2.45, 2.75) is 9.79 Å².